The summed E-state index contributed by atoms with van der Waals surface area (Å²) in [5, 5.41) is 8.79. The number of aryl methyl sites for hydroxylation is 1. The van der Waals surface area contributed by atoms with Gasteiger partial charge in [-0.15, -0.1) is 0 Å². The molecule has 1 aromatic carbocycles. The van der Waals surface area contributed by atoms with E-state index in [1.165, 1.54) is 5.56 Å². The van der Waals surface area contributed by atoms with Crippen LogP contribution in [0.3, 0.4) is 0 Å². The van der Waals surface area contributed by atoms with Gasteiger partial charge in [0.05, 0.1) is 12.1 Å². The predicted molar refractivity (Wildman–Crippen MR) is 73.7 cm³/mol. The van der Waals surface area contributed by atoms with Crippen molar-refractivity contribution in [2.45, 2.75) is 33.1 Å². The third-order valence-electron chi connectivity index (χ3n) is 3.10. The maximum absolute atomic E-state index is 10.7. The molecule has 0 fully saturated rings. The van der Waals surface area contributed by atoms with E-state index in [2.05, 4.69) is 31.0 Å². The molecular weight excluding hydrogens is 240 g/mol. The maximum Gasteiger partial charge on any atom is 0.309 e. The minimum Gasteiger partial charge on any atom is -0.481 e. The van der Waals surface area contributed by atoms with Crippen LogP contribution in [0.2, 0.25) is 0 Å². The van der Waals surface area contributed by atoms with Crippen LogP contribution >= 0.6 is 0 Å². The molecule has 0 saturated carbocycles. The van der Waals surface area contributed by atoms with Crippen molar-refractivity contribution in [2.24, 2.45) is 0 Å². The molecule has 2 rings (SSSR count). The fraction of sp³-hybridized carbons (Fsp3) is 0.333. The Balaban J connectivity index is 2.30. The van der Waals surface area contributed by atoms with Crippen LogP contribution in [0.5, 0.6) is 0 Å². The molecule has 100 valence electrons. The summed E-state index contributed by atoms with van der Waals surface area (Å²) in [5.74, 6) is 0.439. The minimum absolute atomic E-state index is 0.0437. The quantitative estimate of drug-likeness (QED) is 0.917. The minimum atomic E-state index is -0.861. The Kier molecular flexibility index (Phi) is 3.69. The number of hydrogen-bond donors (Lipinski definition) is 1. The van der Waals surface area contributed by atoms with Gasteiger partial charge in [0.15, 0.2) is 0 Å². The summed E-state index contributed by atoms with van der Waals surface area (Å²) in [5.41, 5.74) is 2.87. The lowest BCUT2D eigenvalue weighted by Gasteiger charge is -2.08. The number of imidazole rings is 1. The van der Waals surface area contributed by atoms with Gasteiger partial charge in [0.2, 0.25) is 0 Å². The van der Waals surface area contributed by atoms with Gasteiger partial charge in [-0.3, -0.25) is 4.79 Å². The van der Waals surface area contributed by atoms with Gasteiger partial charge in [-0.25, -0.2) is 4.98 Å². The Labute approximate surface area is 112 Å². The van der Waals surface area contributed by atoms with Gasteiger partial charge in [0, 0.05) is 11.9 Å². The second-order valence-electron chi connectivity index (χ2n) is 4.97. The van der Waals surface area contributed by atoms with Crippen molar-refractivity contribution in [2.75, 3.05) is 0 Å². The average molecular weight is 258 g/mol. The molecule has 1 heterocycles. The SMILES string of the molecule is Cc1nc(CC(=O)O)cn1-c1ccc(C(C)C)cc1. The number of aliphatic carboxylic acids is 1. The summed E-state index contributed by atoms with van der Waals surface area (Å²) in [6, 6.07) is 8.26. The number of aromatic nitrogens is 2. The number of carbonyl (C=O) groups is 1. The second kappa shape index (κ2) is 5.26. The lowest BCUT2D eigenvalue weighted by molar-refractivity contribution is -0.136. The van der Waals surface area contributed by atoms with Gasteiger partial charge in [-0.2, -0.15) is 0 Å². The lowest BCUT2D eigenvalue weighted by atomic mass is 10.0. The molecule has 0 saturated heterocycles. The first-order valence-electron chi connectivity index (χ1n) is 6.34. The highest BCUT2D eigenvalue weighted by molar-refractivity contribution is 5.69. The van der Waals surface area contributed by atoms with E-state index in [1.807, 2.05) is 23.6 Å². The first-order chi connectivity index (χ1) is 8.97. The van der Waals surface area contributed by atoms with Gasteiger partial charge in [0.25, 0.3) is 0 Å². The topological polar surface area (TPSA) is 55.1 Å². The Morgan fingerprint density at radius 1 is 1.32 bits per heavy atom. The molecule has 1 N–H and O–H groups in total. The van der Waals surface area contributed by atoms with Crippen LogP contribution in [0.4, 0.5) is 0 Å². The summed E-state index contributed by atoms with van der Waals surface area (Å²) in [4.78, 5) is 15.0. The van der Waals surface area contributed by atoms with Gasteiger partial charge in [0.1, 0.15) is 5.82 Å². The van der Waals surface area contributed by atoms with Gasteiger partial charge in [-0.1, -0.05) is 26.0 Å². The number of hydrogen-bond acceptors (Lipinski definition) is 2. The molecule has 0 spiro atoms. The average Bonchev–Trinajstić information content (AvgIpc) is 2.69. The first-order valence-corrected chi connectivity index (χ1v) is 6.34. The molecule has 0 bridgehead atoms. The number of benzene rings is 1. The highest BCUT2D eigenvalue weighted by Crippen LogP contribution is 2.18. The van der Waals surface area contributed by atoms with Crippen LogP contribution in [0, 0.1) is 6.92 Å². The monoisotopic (exact) mass is 258 g/mol. The van der Waals surface area contributed by atoms with E-state index in [4.69, 9.17) is 5.11 Å². The predicted octanol–water partition coefficient (Wildman–Crippen LogP) is 2.93. The van der Waals surface area contributed by atoms with E-state index < -0.39 is 5.97 Å². The maximum atomic E-state index is 10.7. The fourth-order valence-corrected chi connectivity index (χ4v) is 2.05. The molecule has 4 nitrogen and oxygen atoms in total. The molecule has 0 atom stereocenters. The molecule has 0 aliphatic heterocycles. The van der Waals surface area contributed by atoms with E-state index in [-0.39, 0.29) is 6.42 Å². The van der Waals surface area contributed by atoms with Crippen molar-refractivity contribution in [3.05, 3.63) is 47.5 Å². The van der Waals surface area contributed by atoms with E-state index in [1.54, 1.807) is 6.20 Å². The lowest BCUT2D eigenvalue weighted by Crippen LogP contribution is -2.00. The number of carboxylic acids is 1. The van der Waals surface area contributed by atoms with Crippen molar-refractivity contribution in [3.63, 3.8) is 0 Å². The van der Waals surface area contributed by atoms with Crippen molar-refractivity contribution >= 4 is 5.97 Å². The molecule has 19 heavy (non-hydrogen) atoms. The standard InChI is InChI=1S/C15H18N2O2/c1-10(2)12-4-6-14(7-5-12)17-9-13(8-15(18)19)16-11(17)3/h4-7,9-10H,8H2,1-3H3,(H,18,19). The first kappa shape index (κ1) is 13.3. The molecule has 1 aromatic heterocycles. The Morgan fingerprint density at radius 3 is 2.47 bits per heavy atom. The van der Waals surface area contributed by atoms with E-state index in [0.717, 1.165) is 11.5 Å². The van der Waals surface area contributed by atoms with E-state index in [0.29, 0.717) is 11.6 Å². The highest BCUT2D eigenvalue weighted by atomic mass is 16.4. The van der Waals surface area contributed by atoms with Crippen molar-refractivity contribution in [3.8, 4) is 5.69 Å². The molecule has 0 amide bonds. The zero-order valence-electron chi connectivity index (χ0n) is 11.4. The van der Waals surface area contributed by atoms with Crippen LogP contribution in [-0.2, 0) is 11.2 Å². The van der Waals surface area contributed by atoms with E-state index in [9.17, 15) is 4.79 Å². The largest absolute Gasteiger partial charge is 0.481 e. The smallest absolute Gasteiger partial charge is 0.309 e. The number of nitrogens with zero attached hydrogens (tertiary/aromatic N) is 2. The highest BCUT2D eigenvalue weighted by Gasteiger charge is 2.09. The summed E-state index contributed by atoms with van der Waals surface area (Å²) in [7, 11) is 0. The van der Waals surface area contributed by atoms with Crippen molar-refractivity contribution in [1.29, 1.82) is 0 Å². The number of carboxylic acid groups (broad SMARTS) is 1. The summed E-state index contributed by atoms with van der Waals surface area (Å²) >= 11 is 0. The zero-order chi connectivity index (χ0) is 14.0. The molecule has 4 heteroatoms. The summed E-state index contributed by atoms with van der Waals surface area (Å²) in [6.45, 7) is 6.19. The van der Waals surface area contributed by atoms with Crippen molar-refractivity contribution < 1.29 is 9.90 Å². The van der Waals surface area contributed by atoms with Crippen LogP contribution in [-0.4, -0.2) is 20.6 Å². The van der Waals surface area contributed by atoms with Crippen LogP contribution in [0.15, 0.2) is 30.5 Å². The Bertz CT molecular complexity index is 583. The Hall–Kier alpha value is -2.10. The van der Waals surface area contributed by atoms with Crippen LogP contribution in [0.25, 0.3) is 5.69 Å². The normalized spacial score (nSPS) is 10.9. The third-order valence-corrected chi connectivity index (χ3v) is 3.10. The van der Waals surface area contributed by atoms with Gasteiger partial charge in [-0.05, 0) is 30.5 Å². The second-order valence-corrected chi connectivity index (χ2v) is 4.97. The summed E-state index contributed by atoms with van der Waals surface area (Å²) in [6.07, 6.45) is 1.74. The van der Waals surface area contributed by atoms with Gasteiger partial charge >= 0.3 is 5.97 Å². The molecule has 2 aromatic rings. The Morgan fingerprint density at radius 2 is 1.95 bits per heavy atom. The van der Waals surface area contributed by atoms with Crippen LogP contribution in [0.1, 0.15) is 36.8 Å². The molecule has 0 aliphatic carbocycles. The number of rotatable bonds is 4. The molecule has 0 aliphatic rings. The molecular formula is C15H18N2O2. The summed E-state index contributed by atoms with van der Waals surface area (Å²) < 4.78 is 1.92. The zero-order valence-corrected chi connectivity index (χ0v) is 11.4. The van der Waals surface area contributed by atoms with Crippen molar-refractivity contribution in [1.82, 2.24) is 9.55 Å². The molecule has 0 radical (unpaired) electrons. The fourth-order valence-electron chi connectivity index (χ4n) is 2.05. The third kappa shape index (κ3) is 3.02. The molecule has 0 unspecified atom stereocenters. The van der Waals surface area contributed by atoms with Gasteiger partial charge < -0.3 is 9.67 Å². The van der Waals surface area contributed by atoms with Crippen LogP contribution < -0.4 is 0 Å². The van der Waals surface area contributed by atoms with E-state index >= 15 is 0 Å².